The van der Waals surface area contributed by atoms with Crippen LogP contribution in [0.5, 0.6) is 0 Å². The van der Waals surface area contributed by atoms with Crippen LogP contribution in [0.4, 0.5) is 5.00 Å². The zero-order chi connectivity index (χ0) is 19.2. The third-order valence-corrected chi connectivity index (χ3v) is 4.95. The molecule has 1 amide bonds. The number of carbonyl (C=O) groups excluding carboxylic acids is 2. The van der Waals surface area contributed by atoms with Crippen molar-refractivity contribution >= 4 is 28.2 Å². The van der Waals surface area contributed by atoms with E-state index in [4.69, 9.17) is 9.15 Å². The first-order valence-corrected chi connectivity index (χ1v) is 9.46. The van der Waals surface area contributed by atoms with Crippen molar-refractivity contribution < 1.29 is 18.7 Å². The van der Waals surface area contributed by atoms with Crippen LogP contribution >= 0.6 is 11.3 Å². The van der Waals surface area contributed by atoms with Gasteiger partial charge in [-0.1, -0.05) is 30.3 Å². The largest absolute Gasteiger partial charge is 0.462 e. The highest BCUT2D eigenvalue weighted by Crippen LogP contribution is 2.27. The van der Waals surface area contributed by atoms with Crippen molar-refractivity contribution in [2.24, 2.45) is 0 Å². The number of carbonyl (C=O) groups is 2. The summed E-state index contributed by atoms with van der Waals surface area (Å²) >= 11 is 1.21. The number of oxazole rings is 1. The highest BCUT2D eigenvalue weighted by atomic mass is 32.1. The standard InChI is InChI=1S/C20H20N2O4S/c1-3-25-20(24)19-13(2)11-18(27-19)22-16(23)9-10-17-21-12-15(26-17)14-7-5-4-6-8-14/h4-8,11-12H,3,9-10H2,1-2H3,(H,22,23). The Kier molecular flexibility index (Phi) is 6.03. The van der Waals surface area contributed by atoms with Gasteiger partial charge in [0.2, 0.25) is 5.91 Å². The summed E-state index contributed by atoms with van der Waals surface area (Å²) in [5.41, 5.74) is 1.73. The molecule has 0 bridgehead atoms. The summed E-state index contributed by atoms with van der Waals surface area (Å²) in [4.78, 5) is 28.8. The van der Waals surface area contributed by atoms with Crippen LogP contribution in [0.1, 0.15) is 34.5 Å². The number of anilines is 1. The molecule has 1 aromatic carbocycles. The molecule has 140 valence electrons. The molecular weight excluding hydrogens is 364 g/mol. The fourth-order valence-electron chi connectivity index (χ4n) is 2.53. The predicted octanol–water partition coefficient (Wildman–Crippen LogP) is 4.46. The minimum atomic E-state index is -0.367. The molecule has 2 heterocycles. The van der Waals surface area contributed by atoms with Crippen LogP contribution in [0, 0.1) is 6.92 Å². The van der Waals surface area contributed by atoms with Crippen LogP contribution in [-0.4, -0.2) is 23.5 Å². The number of esters is 1. The molecule has 0 spiro atoms. The maximum absolute atomic E-state index is 12.2. The Morgan fingerprint density at radius 3 is 2.78 bits per heavy atom. The molecule has 7 heteroatoms. The van der Waals surface area contributed by atoms with E-state index < -0.39 is 0 Å². The van der Waals surface area contributed by atoms with E-state index in [0.717, 1.165) is 11.1 Å². The number of rotatable bonds is 7. The summed E-state index contributed by atoms with van der Waals surface area (Å²) in [6, 6.07) is 11.4. The Morgan fingerprint density at radius 1 is 1.26 bits per heavy atom. The van der Waals surface area contributed by atoms with Crippen molar-refractivity contribution in [1.29, 1.82) is 0 Å². The van der Waals surface area contributed by atoms with Crippen molar-refractivity contribution in [1.82, 2.24) is 4.98 Å². The number of thiophene rings is 1. The zero-order valence-corrected chi connectivity index (χ0v) is 16.0. The summed E-state index contributed by atoms with van der Waals surface area (Å²) in [6.45, 7) is 3.89. The Balaban J connectivity index is 1.55. The maximum Gasteiger partial charge on any atom is 0.348 e. The lowest BCUT2D eigenvalue weighted by Gasteiger charge is -2.01. The average Bonchev–Trinajstić information content (AvgIpc) is 3.28. The Labute approximate surface area is 161 Å². The summed E-state index contributed by atoms with van der Waals surface area (Å²) < 4.78 is 10.7. The molecule has 0 saturated heterocycles. The number of ether oxygens (including phenoxy) is 1. The highest BCUT2D eigenvalue weighted by molar-refractivity contribution is 7.18. The van der Waals surface area contributed by atoms with Gasteiger partial charge in [0.05, 0.1) is 17.8 Å². The van der Waals surface area contributed by atoms with Crippen LogP contribution < -0.4 is 5.32 Å². The van der Waals surface area contributed by atoms with Crippen molar-refractivity contribution in [2.45, 2.75) is 26.7 Å². The number of aromatic nitrogens is 1. The first-order chi connectivity index (χ1) is 13.1. The number of nitrogens with one attached hydrogen (secondary N) is 1. The van der Waals surface area contributed by atoms with Crippen LogP contribution in [-0.2, 0) is 16.0 Å². The van der Waals surface area contributed by atoms with Gasteiger partial charge < -0.3 is 14.5 Å². The van der Waals surface area contributed by atoms with Crippen LogP contribution in [0.15, 0.2) is 47.0 Å². The molecule has 0 atom stereocenters. The van der Waals surface area contributed by atoms with Gasteiger partial charge >= 0.3 is 5.97 Å². The lowest BCUT2D eigenvalue weighted by Crippen LogP contribution is -2.11. The molecule has 0 aliphatic carbocycles. The molecule has 1 N–H and O–H groups in total. The second-order valence-corrected chi connectivity index (χ2v) is 6.93. The molecule has 3 aromatic rings. The van der Waals surface area contributed by atoms with Gasteiger partial charge in [0.15, 0.2) is 11.7 Å². The Bertz CT molecular complexity index is 931. The molecule has 0 unspecified atom stereocenters. The number of amides is 1. The normalized spacial score (nSPS) is 10.6. The minimum Gasteiger partial charge on any atom is -0.462 e. The van der Waals surface area contributed by atoms with Gasteiger partial charge in [-0.3, -0.25) is 4.79 Å². The number of benzene rings is 1. The molecule has 0 fully saturated rings. The lowest BCUT2D eigenvalue weighted by atomic mass is 10.2. The predicted molar refractivity (Wildman–Crippen MR) is 104 cm³/mol. The smallest absolute Gasteiger partial charge is 0.348 e. The van der Waals surface area contributed by atoms with E-state index in [9.17, 15) is 9.59 Å². The summed E-state index contributed by atoms with van der Waals surface area (Å²) in [5, 5.41) is 3.43. The molecule has 3 rings (SSSR count). The van der Waals surface area contributed by atoms with Gasteiger partial charge in [-0.25, -0.2) is 9.78 Å². The van der Waals surface area contributed by atoms with Gasteiger partial charge in [0, 0.05) is 18.4 Å². The van der Waals surface area contributed by atoms with Crippen molar-refractivity contribution in [2.75, 3.05) is 11.9 Å². The van der Waals surface area contributed by atoms with Crippen molar-refractivity contribution in [3.8, 4) is 11.3 Å². The highest BCUT2D eigenvalue weighted by Gasteiger charge is 2.16. The monoisotopic (exact) mass is 384 g/mol. The number of nitrogens with zero attached hydrogens (tertiary/aromatic N) is 1. The van der Waals surface area contributed by atoms with Crippen LogP contribution in [0.3, 0.4) is 0 Å². The van der Waals surface area contributed by atoms with E-state index in [1.54, 1.807) is 19.2 Å². The fraction of sp³-hybridized carbons (Fsp3) is 0.250. The molecule has 6 nitrogen and oxygen atoms in total. The maximum atomic E-state index is 12.2. The topological polar surface area (TPSA) is 81.4 Å². The minimum absolute atomic E-state index is 0.161. The third-order valence-electron chi connectivity index (χ3n) is 3.82. The number of hydrogen-bond acceptors (Lipinski definition) is 6. The van der Waals surface area contributed by atoms with Gasteiger partial charge in [-0.05, 0) is 25.5 Å². The molecule has 27 heavy (non-hydrogen) atoms. The molecule has 0 saturated carbocycles. The molecule has 0 aliphatic heterocycles. The molecule has 2 aromatic heterocycles. The second kappa shape index (κ2) is 8.64. The van der Waals surface area contributed by atoms with E-state index in [2.05, 4.69) is 10.3 Å². The Hall–Kier alpha value is -2.93. The lowest BCUT2D eigenvalue weighted by molar-refractivity contribution is -0.116. The summed E-state index contributed by atoms with van der Waals surface area (Å²) in [5.74, 6) is 0.664. The Morgan fingerprint density at radius 2 is 2.04 bits per heavy atom. The van der Waals surface area contributed by atoms with Crippen molar-refractivity contribution in [3.05, 3.63) is 58.9 Å². The summed E-state index contributed by atoms with van der Waals surface area (Å²) in [7, 11) is 0. The van der Waals surface area contributed by atoms with Crippen molar-refractivity contribution in [3.63, 3.8) is 0 Å². The van der Waals surface area contributed by atoms with Crippen LogP contribution in [0.2, 0.25) is 0 Å². The van der Waals surface area contributed by atoms with E-state index in [-0.39, 0.29) is 18.3 Å². The second-order valence-electron chi connectivity index (χ2n) is 5.88. The average molecular weight is 384 g/mol. The van der Waals surface area contributed by atoms with E-state index in [1.807, 2.05) is 37.3 Å². The number of aryl methyl sites for hydroxylation is 2. The van der Waals surface area contributed by atoms with Gasteiger partial charge in [0.25, 0.3) is 0 Å². The fourth-order valence-corrected chi connectivity index (χ4v) is 3.51. The molecular formula is C20H20N2O4S. The first-order valence-electron chi connectivity index (χ1n) is 8.64. The van der Waals surface area contributed by atoms with Crippen LogP contribution in [0.25, 0.3) is 11.3 Å². The SMILES string of the molecule is CCOC(=O)c1sc(NC(=O)CCc2ncc(-c3ccccc3)o2)cc1C. The third kappa shape index (κ3) is 4.83. The first kappa shape index (κ1) is 18.8. The molecule has 0 radical (unpaired) electrons. The van der Waals surface area contributed by atoms with E-state index in [1.165, 1.54) is 11.3 Å². The van der Waals surface area contributed by atoms with Gasteiger partial charge in [-0.15, -0.1) is 11.3 Å². The quantitative estimate of drug-likeness (QED) is 0.608. The number of hydrogen-bond donors (Lipinski definition) is 1. The summed E-state index contributed by atoms with van der Waals surface area (Å²) in [6.07, 6.45) is 2.30. The molecule has 0 aliphatic rings. The van der Waals surface area contributed by atoms with Gasteiger partial charge in [-0.2, -0.15) is 0 Å². The van der Waals surface area contributed by atoms with E-state index in [0.29, 0.717) is 34.6 Å². The van der Waals surface area contributed by atoms with E-state index >= 15 is 0 Å². The van der Waals surface area contributed by atoms with Gasteiger partial charge in [0.1, 0.15) is 4.88 Å². The zero-order valence-electron chi connectivity index (χ0n) is 15.2.